The molecule has 0 aliphatic carbocycles. The lowest BCUT2D eigenvalue weighted by molar-refractivity contribution is -0.141. The normalized spacial score (nSPS) is 11.1. The second-order valence-corrected chi connectivity index (χ2v) is 8.95. The minimum Gasteiger partial charge on any atom is -0.497 e. The number of halogens is 3. The van der Waals surface area contributed by atoms with Crippen LogP contribution in [0.2, 0.25) is 0 Å². The highest BCUT2D eigenvalue weighted by Gasteiger charge is 2.35. The number of ether oxygens (including phenoxy) is 3. The van der Waals surface area contributed by atoms with E-state index in [2.05, 4.69) is 30.7 Å². The number of rotatable bonds is 11. The molecule has 0 aliphatic rings. The summed E-state index contributed by atoms with van der Waals surface area (Å²) < 4.78 is 57.5. The number of amides is 1. The average molecular weight is 602 g/mol. The summed E-state index contributed by atoms with van der Waals surface area (Å²) in [5.41, 5.74) is -0.614. The van der Waals surface area contributed by atoms with Crippen LogP contribution in [0.1, 0.15) is 28.7 Å². The highest BCUT2D eigenvalue weighted by molar-refractivity contribution is 5.92. The molecule has 13 nitrogen and oxygen atoms in total. The fraction of sp³-hybridized carbons (Fsp3) is 0.259. The fourth-order valence-electron chi connectivity index (χ4n) is 3.88. The number of methoxy groups -OCH3 is 2. The Morgan fingerprint density at radius 1 is 1.02 bits per heavy atom. The van der Waals surface area contributed by atoms with Gasteiger partial charge in [-0.15, -0.1) is 0 Å². The Bertz CT molecular complexity index is 1640. The Hall–Kier alpha value is -5.41. The molecule has 3 heterocycles. The Morgan fingerprint density at radius 2 is 1.72 bits per heavy atom. The molecule has 0 saturated heterocycles. The molecule has 4 aromatic rings. The third-order valence-corrected chi connectivity index (χ3v) is 5.86. The molecule has 0 saturated carbocycles. The van der Waals surface area contributed by atoms with Crippen LogP contribution >= 0.6 is 0 Å². The van der Waals surface area contributed by atoms with Crippen LogP contribution < -0.4 is 24.8 Å². The molecule has 1 amide bonds. The molecule has 0 spiro atoms. The zero-order valence-corrected chi connectivity index (χ0v) is 23.3. The number of carbonyl (C=O) groups is 2. The fourth-order valence-corrected chi connectivity index (χ4v) is 3.88. The number of nitrogens with one attached hydrogen (secondary N) is 2. The number of aromatic carboxylic acids is 1. The molecule has 0 unspecified atom stereocenters. The SMILES string of the molecule is COc1cc(Nc2ncc(-c3cnc(OCCNC(C)=O)c(C(=O)O)c3)c(-n3nc(C(F)(F)F)cc3C)n2)cc(OC)c1. The van der Waals surface area contributed by atoms with Gasteiger partial charge in [0.05, 0.1) is 20.8 Å². The number of carbonyl (C=O) groups excluding carboxylic acids is 1. The molecule has 16 heteroatoms. The number of aryl methyl sites for hydroxylation is 1. The second-order valence-electron chi connectivity index (χ2n) is 8.95. The Balaban J connectivity index is 1.80. The van der Waals surface area contributed by atoms with Crippen molar-refractivity contribution in [3.05, 3.63) is 59.7 Å². The summed E-state index contributed by atoms with van der Waals surface area (Å²) in [7, 11) is 2.94. The molecular formula is C27H26F3N7O6. The molecule has 43 heavy (non-hydrogen) atoms. The van der Waals surface area contributed by atoms with Gasteiger partial charge < -0.3 is 30.0 Å². The van der Waals surface area contributed by atoms with Gasteiger partial charge in [-0.1, -0.05) is 0 Å². The van der Waals surface area contributed by atoms with Crippen LogP contribution in [0.5, 0.6) is 17.4 Å². The van der Waals surface area contributed by atoms with Crippen molar-refractivity contribution in [1.29, 1.82) is 0 Å². The Labute approximate surface area is 242 Å². The lowest BCUT2D eigenvalue weighted by Crippen LogP contribution is -2.25. The largest absolute Gasteiger partial charge is 0.497 e. The summed E-state index contributed by atoms with van der Waals surface area (Å²) in [6, 6.07) is 7.00. The van der Waals surface area contributed by atoms with Crippen LogP contribution in [0.4, 0.5) is 24.8 Å². The number of hydrogen-bond acceptors (Lipinski definition) is 10. The summed E-state index contributed by atoms with van der Waals surface area (Å²) in [5.74, 6) is -1.05. The van der Waals surface area contributed by atoms with Crippen LogP contribution in [0, 0.1) is 6.92 Å². The smallest absolute Gasteiger partial charge is 0.435 e. The second kappa shape index (κ2) is 12.6. The van der Waals surface area contributed by atoms with E-state index in [9.17, 15) is 27.9 Å². The first-order valence-electron chi connectivity index (χ1n) is 12.5. The van der Waals surface area contributed by atoms with E-state index in [0.29, 0.717) is 17.2 Å². The number of anilines is 2. The predicted molar refractivity (Wildman–Crippen MR) is 146 cm³/mol. The van der Waals surface area contributed by atoms with Gasteiger partial charge in [-0.05, 0) is 19.1 Å². The third-order valence-electron chi connectivity index (χ3n) is 5.86. The van der Waals surface area contributed by atoms with Crippen molar-refractivity contribution in [1.82, 2.24) is 30.0 Å². The van der Waals surface area contributed by atoms with E-state index in [4.69, 9.17) is 14.2 Å². The van der Waals surface area contributed by atoms with Gasteiger partial charge in [0.25, 0.3) is 0 Å². The zero-order valence-electron chi connectivity index (χ0n) is 23.3. The summed E-state index contributed by atoms with van der Waals surface area (Å²) in [5, 5.41) is 19.0. The van der Waals surface area contributed by atoms with Crippen LogP contribution in [0.3, 0.4) is 0 Å². The number of alkyl halides is 3. The number of carboxylic acid groups (broad SMARTS) is 1. The van der Waals surface area contributed by atoms with Crippen LogP contribution in [0.25, 0.3) is 16.9 Å². The monoisotopic (exact) mass is 601 g/mol. The number of hydrogen-bond donors (Lipinski definition) is 3. The molecular weight excluding hydrogens is 575 g/mol. The molecule has 226 valence electrons. The Morgan fingerprint density at radius 3 is 2.30 bits per heavy atom. The first kappa shape index (κ1) is 30.5. The van der Waals surface area contributed by atoms with Crippen molar-refractivity contribution in [2.24, 2.45) is 0 Å². The molecule has 4 rings (SSSR count). The molecule has 3 N–H and O–H groups in total. The van der Waals surface area contributed by atoms with Gasteiger partial charge in [0.1, 0.15) is 23.7 Å². The topological polar surface area (TPSA) is 163 Å². The predicted octanol–water partition coefficient (Wildman–Crippen LogP) is 4.03. The van der Waals surface area contributed by atoms with Gasteiger partial charge in [-0.3, -0.25) is 4.79 Å². The van der Waals surface area contributed by atoms with Crippen LogP contribution in [-0.4, -0.2) is 69.1 Å². The molecule has 0 aliphatic heterocycles. The highest BCUT2D eigenvalue weighted by Crippen LogP contribution is 2.34. The van der Waals surface area contributed by atoms with Crippen molar-refractivity contribution in [3.63, 3.8) is 0 Å². The quantitative estimate of drug-likeness (QED) is 0.213. The summed E-state index contributed by atoms with van der Waals surface area (Å²) >= 11 is 0. The molecule has 1 aromatic carbocycles. The van der Waals surface area contributed by atoms with Gasteiger partial charge in [0.2, 0.25) is 17.7 Å². The lowest BCUT2D eigenvalue weighted by Gasteiger charge is -2.15. The first-order chi connectivity index (χ1) is 20.4. The molecule has 0 radical (unpaired) electrons. The number of pyridine rings is 1. The number of nitrogens with zero attached hydrogens (tertiary/aromatic N) is 5. The van der Waals surface area contributed by atoms with Crippen LogP contribution in [-0.2, 0) is 11.0 Å². The third kappa shape index (κ3) is 7.27. The van der Waals surface area contributed by atoms with Crippen molar-refractivity contribution in [2.45, 2.75) is 20.0 Å². The van der Waals surface area contributed by atoms with E-state index in [1.807, 2.05) is 0 Å². The summed E-state index contributed by atoms with van der Waals surface area (Å²) in [4.78, 5) is 35.9. The first-order valence-corrected chi connectivity index (χ1v) is 12.5. The van der Waals surface area contributed by atoms with E-state index in [-0.39, 0.29) is 59.1 Å². The maximum absolute atomic E-state index is 13.5. The minimum atomic E-state index is -4.73. The minimum absolute atomic E-state index is 0.0122. The van der Waals surface area contributed by atoms with E-state index >= 15 is 0 Å². The van der Waals surface area contributed by atoms with Gasteiger partial charge in [-0.25, -0.2) is 19.4 Å². The maximum atomic E-state index is 13.5. The average Bonchev–Trinajstić information content (AvgIpc) is 3.37. The molecule has 3 aromatic heterocycles. The van der Waals surface area contributed by atoms with E-state index in [0.717, 1.165) is 10.7 Å². The molecule has 0 atom stereocenters. The van der Waals surface area contributed by atoms with Gasteiger partial charge in [0, 0.05) is 60.0 Å². The van der Waals surface area contributed by atoms with Crippen molar-refractivity contribution in [2.75, 3.05) is 32.7 Å². The standard InChI is InChI=1S/C27H26F3N7O6/c1-14-7-22(27(28,29)30)36-37(14)23-21(13-33-26(35-23)34-17-9-18(41-3)11-19(10-17)42-4)16-8-20(25(39)40)24(32-12-16)43-6-5-31-15(2)38/h7-13H,5-6H2,1-4H3,(H,31,38)(H,39,40)(H,33,34,35). The number of aromatic nitrogens is 5. The van der Waals surface area contributed by atoms with E-state index < -0.39 is 17.8 Å². The zero-order chi connectivity index (χ0) is 31.3. The van der Waals surface area contributed by atoms with Crippen molar-refractivity contribution < 1.29 is 42.1 Å². The van der Waals surface area contributed by atoms with Gasteiger partial charge >= 0.3 is 12.1 Å². The van der Waals surface area contributed by atoms with Crippen LogP contribution in [0.15, 0.2) is 42.7 Å². The van der Waals surface area contributed by atoms with E-state index in [1.54, 1.807) is 18.2 Å². The molecule has 0 bridgehead atoms. The van der Waals surface area contributed by atoms with Crippen molar-refractivity contribution >= 4 is 23.5 Å². The lowest BCUT2D eigenvalue weighted by atomic mass is 10.1. The van der Waals surface area contributed by atoms with E-state index in [1.165, 1.54) is 46.5 Å². The highest BCUT2D eigenvalue weighted by atomic mass is 19.4. The Kier molecular flexibility index (Phi) is 8.97. The number of carboxylic acids is 1. The molecule has 0 fully saturated rings. The summed E-state index contributed by atoms with van der Waals surface area (Å²) in [6.45, 7) is 2.80. The van der Waals surface area contributed by atoms with Crippen molar-refractivity contribution in [3.8, 4) is 34.3 Å². The summed E-state index contributed by atoms with van der Waals surface area (Å²) in [6.07, 6.45) is -2.15. The number of benzene rings is 1. The maximum Gasteiger partial charge on any atom is 0.435 e. The van der Waals surface area contributed by atoms with Gasteiger partial charge in [0.15, 0.2) is 11.5 Å². The van der Waals surface area contributed by atoms with Gasteiger partial charge in [-0.2, -0.15) is 23.3 Å².